The van der Waals surface area contributed by atoms with Crippen molar-refractivity contribution >= 4 is 23.4 Å². The molecule has 0 unspecified atom stereocenters. The van der Waals surface area contributed by atoms with Crippen LogP contribution in [0.5, 0.6) is 0 Å². The molecule has 1 saturated heterocycles. The van der Waals surface area contributed by atoms with E-state index in [1.807, 2.05) is 43.0 Å². The Kier molecular flexibility index (Phi) is 7.00. The molecule has 1 N–H and O–H groups in total. The molecule has 2 fully saturated rings. The van der Waals surface area contributed by atoms with E-state index in [9.17, 15) is 9.59 Å². The van der Waals surface area contributed by atoms with Gasteiger partial charge in [-0.25, -0.2) is 0 Å². The Morgan fingerprint density at radius 2 is 1.68 bits per heavy atom. The van der Waals surface area contributed by atoms with E-state index in [-0.39, 0.29) is 11.8 Å². The van der Waals surface area contributed by atoms with Crippen LogP contribution in [0.15, 0.2) is 24.3 Å². The van der Waals surface area contributed by atoms with Gasteiger partial charge >= 0.3 is 0 Å². The summed E-state index contributed by atoms with van der Waals surface area (Å²) in [4.78, 5) is 29.5. The minimum atomic E-state index is -0.600. The number of carbonyl (C=O) groups is 2. The van der Waals surface area contributed by atoms with Crippen molar-refractivity contribution in [2.75, 3.05) is 39.3 Å². The van der Waals surface area contributed by atoms with Gasteiger partial charge in [-0.1, -0.05) is 36.6 Å². The predicted octanol–water partition coefficient (Wildman–Crippen LogP) is 3.07. The number of nitrogens with one attached hydrogen (secondary N) is 1. The van der Waals surface area contributed by atoms with E-state index >= 15 is 0 Å². The van der Waals surface area contributed by atoms with Crippen LogP contribution >= 0.6 is 11.6 Å². The molecule has 1 aromatic rings. The lowest BCUT2D eigenvalue weighted by molar-refractivity contribution is -0.137. The van der Waals surface area contributed by atoms with Gasteiger partial charge in [-0.3, -0.25) is 14.5 Å². The van der Waals surface area contributed by atoms with E-state index in [1.54, 1.807) is 0 Å². The second kappa shape index (κ2) is 9.27. The first kappa shape index (κ1) is 21.1. The standard InChI is InChI=1S/C22H32ClN3O2/c1-22(2,18-7-9-19(23)10-8-18)21(28)24-11-12-25-13-15-26(16-14-25)20(27)17-5-3-4-6-17/h7-10,17H,3-6,11-16H2,1-2H3,(H,24,28). The van der Waals surface area contributed by atoms with Crippen LogP contribution in [0.1, 0.15) is 45.1 Å². The lowest BCUT2D eigenvalue weighted by Crippen LogP contribution is -2.52. The Morgan fingerprint density at radius 3 is 2.29 bits per heavy atom. The van der Waals surface area contributed by atoms with Crippen LogP contribution in [0, 0.1) is 5.92 Å². The maximum absolute atomic E-state index is 12.7. The second-order valence-corrected chi connectivity index (χ2v) is 8.97. The number of rotatable bonds is 6. The molecule has 1 heterocycles. The van der Waals surface area contributed by atoms with Crippen LogP contribution in [0.25, 0.3) is 0 Å². The fourth-order valence-electron chi connectivity index (χ4n) is 4.17. The number of piperazine rings is 1. The summed E-state index contributed by atoms with van der Waals surface area (Å²) in [7, 11) is 0. The molecule has 0 atom stereocenters. The van der Waals surface area contributed by atoms with Crippen molar-refractivity contribution in [3.8, 4) is 0 Å². The van der Waals surface area contributed by atoms with Gasteiger partial charge in [-0.15, -0.1) is 0 Å². The van der Waals surface area contributed by atoms with Crippen LogP contribution in [0.2, 0.25) is 5.02 Å². The highest BCUT2D eigenvalue weighted by molar-refractivity contribution is 6.30. The van der Waals surface area contributed by atoms with Crippen molar-refractivity contribution < 1.29 is 9.59 Å². The average molecular weight is 406 g/mol. The summed E-state index contributed by atoms with van der Waals surface area (Å²) in [5.41, 5.74) is 0.352. The van der Waals surface area contributed by atoms with Gasteiger partial charge in [0.2, 0.25) is 11.8 Å². The van der Waals surface area contributed by atoms with E-state index in [0.717, 1.165) is 51.1 Å². The van der Waals surface area contributed by atoms with Crippen LogP contribution in [-0.4, -0.2) is 60.9 Å². The fourth-order valence-corrected chi connectivity index (χ4v) is 4.29. The largest absolute Gasteiger partial charge is 0.354 e. The summed E-state index contributed by atoms with van der Waals surface area (Å²) in [6.07, 6.45) is 4.52. The zero-order chi connectivity index (χ0) is 20.1. The number of carbonyl (C=O) groups excluding carboxylic acids is 2. The van der Waals surface area contributed by atoms with E-state index in [4.69, 9.17) is 11.6 Å². The first-order valence-electron chi connectivity index (χ1n) is 10.4. The molecule has 2 amide bonds. The summed E-state index contributed by atoms with van der Waals surface area (Å²) in [5, 5.41) is 3.74. The third-order valence-electron chi connectivity index (χ3n) is 6.24. The van der Waals surface area contributed by atoms with E-state index in [0.29, 0.717) is 17.5 Å². The zero-order valence-corrected chi connectivity index (χ0v) is 17.8. The van der Waals surface area contributed by atoms with E-state index in [1.165, 1.54) is 12.8 Å². The van der Waals surface area contributed by atoms with Gasteiger partial charge in [0, 0.05) is 50.2 Å². The Balaban J connectivity index is 1.40. The SMILES string of the molecule is CC(C)(C(=O)NCCN1CCN(C(=O)C2CCCC2)CC1)c1ccc(Cl)cc1. The maximum Gasteiger partial charge on any atom is 0.230 e. The first-order valence-corrected chi connectivity index (χ1v) is 10.8. The molecule has 28 heavy (non-hydrogen) atoms. The summed E-state index contributed by atoms with van der Waals surface area (Å²) >= 11 is 5.95. The molecule has 0 radical (unpaired) electrons. The van der Waals surface area contributed by atoms with Gasteiger partial charge in [0.15, 0.2) is 0 Å². The van der Waals surface area contributed by atoms with Crippen molar-refractivity contribution in [1.29, 1.82) is 0 Å². The third-order valence-corrected chi connectivity index (χ3v) is 6.49. The molecule has 154 valence electrons. The topological polar surface area (TPSA) is 52.7 Å². The van der Waals surface area contributed by atoms with Crippen LogP contribution in [0.4, 0.5) is 0 Å². The molecule has 6 heteroatoms. The minimum Gasteiger partial charge on any atom is -0.354 e. The van der Waals surface area contributed by atoms with Crippen LogP contribution < -0.4 is 5.32 Å². The molecular formula is C22H32ClN3O2. The molecule has 1 saturated carbocycles. The van der Waals surface area contributed by atoms with Crippen molar-refractivity contribution in [3.05, 3.63) is 34.9 Å². The Labute approximate surface area is 173 Å². The zero-order valence-electron chi connectivity index (χ0n) is 17.0. The van der Waals surface area contributed by atoms with Crippen LogP contribution in [0.3, 0.4) is 0 Å². The summed E-state index contributed by atoms with van der Waals surface area (Å²) in [5.74, 6) is 0.640. The molecule has 0 bridgehead atoms. The third kappa shape index (κ3) is 5.06. The summed E-state index contributed by atoms with van der Waals surface area (Å²) < 4.78 is 0. The van der Waals surface area contributed by atoms with Crippen molar-refractivity contribution in [3.63, 3.8) is 0 Å². The fraction of sp³-hybridized carbons (Fsp3) is 0.636. The molecule has 1 aliphatic heterocycles. The Hall–Kier alpha value is -1.59. The lowest BCUT2D eigenvalue weighted by atomic mass is 9.84. The molecule has 1 aliphatic carbocycles. The van der Waals surface area contributed by atoms with Gasteiger partial charge < -0.3 is 10.2 Å². The number of halogens is 1. The van der Waals surface area contributed by atoms with Crippen molar-refractivity contribution in [1.82, 2.24) is 15.1 Å². The maximum atomic E-state index is 12.7. The number of hydrogen-bond acceptors (Lipinski definition) is 3. The van der Waals surface area contributed by atoms with E-state index in [2.05, 4.69) is 10.2 Å². The molecule has 5 nitrogen and oxygen atoms in total. The number of hydrogen-bond donors (Lipinski definition) is 1. The molecular weight excluding hydrogens is 374 g/mol. The van der Waals surface area contributed by atoms with Gasteiger partial charge in [-0.2, -0.15) is 0 Å². The smallest absolute Gasteiger partial charge is 0.230 e. The Bertz CT molecular complexity index is 676. The minimum absolute atomic E-state index is 0.0184. The highest BCUT2D eigenvalue weighted by atomic mass is 35.5. The number of nitrogens with zero attached hydrogens (tertiary/aromatic N) is 2. The highest BCUT2D eigenvalue weighted by Crippen LogP contribution is 2.27. The average Bonchev–Trinajstić information content (AvgIpc) is 3.23. The van der Waals surface area contributed by atoms with Gasteiger partial charge in [0.25, 0.3) is 0 Å². The monoisotopic (exact) mass is 405 g/mol. The summed E-state index contributed by atoms with van der Waals surface area (Å²) in [6, 6.07) is 7.45. The quantitative estimate of drug-likeness (QED) is 0.791. The highest BCUT2D eigenvalue weighted by Gasteiger charge is 2.31. The lowest BCUT2D eigenvalue weighted by Gasteiger charge is -2.36. The van der Waals surface area contributed by atoms with Crippen molar-refractivity contribution in [2.24, 2.45) is 5.92 Å². The molecule has 0 spiro atoms. The molecule has 1 aromatic carbocycles. The van der Waals surface area contributed by atoms with Gasteiger partial charge in [0.1, 0.15) is 0 Å². The number of benzene rings is 1. The van der Waals surface area contributed by atoms with Crippen LogP contribution in [-0.2, 0) is 15.0 Å². The Morgan fingerprint density at radius 1 is 1.07 bits per heavy atom. The second-order valence-electron chi connectivity index (χ2n) is 8.54. The van der Waals surface area contributed by atoms with Gasteiger partial charge in [0.05, 0.1) is 5.41 Å². The van der Waals surface area contributed by atoms with E-state index < -0.39 is 5.41 Å². The number of amides is 2. The molecule has 0 aromatic heterocycles. The molecule has 2 aliphatic rings. The first-order chi connectivity index (χ1) is 13.4. The molecule has 3 rings (SSSR count). The summed E-state index contributed by atoms with van der Waals surface area (Å²) in [6.45, 7) is 8.67. The predicted molar refractivity (Wildman–Crippen MR) is 112 cm³/mol. The van der Waals surface area contributed by atoms with Gasteiger partial charge in [-0.05, 0) is 44.4 Å². The normalized spacial score (nSPS) is 19.0. The van der Waals surface area contributed by atoms with Crippen molar-refractivity contribution in [2.45, 2.75) is 44.9 Å².